The van der Waals surface area contributed by atoms with Crippen LogP contribution in [0.15, 0.2) is 23.2 Å². The number of rotatable bonds is 2. The molecule has 102 valence electrons. The van der Waals surface area contributed by atoms with Gasteiger partial charge in [0, 0.05) is 6.04 Å². The van der Waals surface area contributed by atoms with Gasteiger partial charge in [0.2, 0.25) is 0 Å². The first-order chi connectivity index (χ1) is 9.18. The van der Waals surface area contributed by atoms with E-state index >= 15 is 0 Å². The summed E-state index contributed by atoms with van der Waals surface area (Å²) < 4.78 is 0. The number of nitrogens with two attached hydrogens (primary N) is 1. The molecule has 0 aromatic heterocycles. The Morgan fingerprint density at radius 3 is 2.68 bits per heavy atom. The molecular weight excluding hydrogens is 234 g/mol. The van der Waals surface area contributed by atoms with E-state index < -0.39 is 0 Å². The van der Waals surface area contributed by atoms with E-state index in [2.05, 4.69) is 41.9 Å². The third kappa shape index (κ3) is 2.11. The van der Waals surface area contributed by atoms with Gasteiger partial charge in [0.1, 0.15) is 0 Å². The van der Waals surface area contributed by atoms with Gasteiger partial charge in [0.25, 0.3) is 0 Å². The fourth-order valence-electron chi connectivity index (χ4n) is 3.52. The molecule has 3 heteroatoms. The molecule has 1 aliphatic carbocycles. The van der Waals surface area contributed by atoms with Crippen LogP contribution in [0.1, 0.15) is 48.4 Å². The van der Waals surface area contributed by atoms with Crippen LogP contribution in [0.25, 0.3) is 0 Å². The lowest BCUT2D eigenvalue weighted by molar-refractivity contribution is 0.261. The van der Waals surface area contributed by atoms with Crippen LogP contribution in [0.3, 0.4) is 0 Å². The van der Waals surface area contributed by atoms with Gasteiger partial charge in [-0.25, -0.2) is 0 Å². The highest BCUT2D eigenvalue weighted by molar-refractivity contribution is 5.81. The van der Waals surface area contributed by atoms with E-state index in [1.807, 2.05) is 0 Å². The Morgan fingerprint density at radius 1 is 1.21 bits per heavy atom. The Hall–Kier alpha value is -1.51. The number of aryl methyl sites for hydroxylation is 1. The van der Waals surface area contributed by atoms with Gasteiger partial charge in [-0.1, -0.05) is 31.0 Å². The first-order valence-electron chi connectivity index (χ1n) is 7.33. The number of benzene rings is 1. The van der Waals surface area contributed by atoms with Crippen molar-refractivity contribution in [3.63, 3.8) is 0 Å². The monoisotopic (exact) mass is 257 g/mol. The lowest BCUT2D eigenvalue weighted by Crippen LogP contribution is -2.42. The van der Waals surface area contributed by atoms with Crippen molar-refractivity contribution in [1.82, 2.24) is 4.90 Å². The Labute approximate surface area is 115 Å². The smallest absolute Gasteiger partial charge is 0.192 e. The third-order valence-electron chi connectivity index (χ3n) is 4.75. The van der Waals surface area contributed by atoms with E-state index in [0.717, 1.165) is 12.5 Å². The Morgan fingerprint density at radius 2 is 1.95 bits per heavy atom. The first-order valence-corrected chi connectivity index (χ1v) is 7.33. The van der Waals surface area contributed by atoms with E-state index in [4.69, 9.17) is 5.73 Å². The summed E-state index contributed by atoms with van der Waals surface area (Å²) in [4.78, 5) is 6.89. The van der Waals surface area contributed by atoms with Gasteiger partial charge in [-0.3, -0.25) is 4.99 Å². The molecule has 1 unspecified atom stereocenters. The van der Waals surface area contributed by atoms with Crippen molar-refractivity contribution in [2.24, 2.45) is 10.7 Å². The number of guanidine groups is 1. The average Bonchev–Trinajstić information content (AvgIpc) is 3.02. The van der Waals surface area contributed by atoms with Crippen LogP contribution in [0.2, 0.25) is 0 Å². The summed E-state index contributed by atoms with van der Waals surface area (Å²) in [5.41, 5.74) is 10.3. The molecule has 1 aliphatic heterocycles. The second-order valence-corrected chi connectivity index (χ2v) is 5.85. The molecule has 2 aliphatic rings. The average molecular weight is 257 g/mol. The molecule has 0 amide bonds. The summed E-state index contributed by atoms with van der Waals surface area (Å²) in [5, 5.41) is 0. The van der Waals surface area contributed by atoms with Crippen LogP contribution in [0.5, 0.6) is 0 Å². The van der Waals surface area contributed by atoms with Crippen LogP contribution < -0.4 is 5.73 Å². The maximum atomic E-state index is 6.15. The van der Waals surface area contributed by atoms with Gasteiger partial charge in [-0.15, -0.1) is 0 Å². The predicted octanol–water partition coefficient (Wildman–Crippen LogP) is 2.92. The van der Waals surface area contributed by atoms with Crippen molar-refractivity contribution in [3.05, 3.63) is 34.9 Å². The highest BCUT2D eigenvalue weighted by Crippen LogP contribution is 2.35. The van der Waals surface area contributed by atoms with E-state index in [9.17, 15) is 0 Å². The van der Waals surface area contributed by atoms with Crippen molar-refractivity contribution in [3.8, 4) is 0 Å². The molecule has 0 saturated heterocycles. The minimum atomic E-state index is 0.350. The summed E-state index contributed by atoms with van der Waals surface area (Å²) in [6.07, 6.45) is 5.18. The van der Waals surface area contributed by atoms with Crippen LogP contribution in [-0.4, -0.2) is 23.4 Å². The second kappa shape index (κ2) is 4.87. The quantitative estimate of drug-likeness (QED) is 0.885. The van der Waals surface area contributed by atoms with E-state index in [1.165, 1.54) is 42.4 Å². The summed E-state index contributed by atoms with van der Waals surface area (Å²) in [5.74, 6) is 0.748. The maximum Gasteiger partial charge on any atom is 0.192 e. The van der Waals surface area contributed by atoms with Gasteiger partial charge in [0.15, 0.2) is 5.96 Å². The van der Waals surface area contributed by atoms with Gasteiger partial charge >= 0.3 is 0 Å². The molecule has 2 N–H and O–H groups in total. The molecule has 0 bridgehead atoms. The fourth-order valence-corrected chi connectivity index (χ4v) is 3.52. The highest BCUT2D eigenvalue weighted by atomic mass is 15.3. The van der Waals surface area contributed by atoms with Crippen molar-refractivity contribution in [2.45, 2.75) is 51.6 Å². The van der Waals surface area contributed by atoms with Crippen molar-refractivity contribution in [2.75, 3.05) is 6.54 Å². The second-order valence-electron chi connectivity index (χ2n) is 5.85. The number of hydrogen-bond acceptors (Lipinski definition) is 3. The lowest BCUT2D eigenvalue weighted by atomic mass is 9.96. The van der Waals surface area contributed by atoms with Crippen LogP contribution in [0.4, 0.5) is 0 Å². The molecule has 0 spiro atoms. The van der Waals surface area contributed by atoms with E-state index in [-0.39, 0.29) is 0 Å². The SMILES string of the molecule is Cc1cccc(C2CN=C(N)N2C2CCCC2)c1C. The van der Waals surface area contributed by atoms with Gasteiger partial charge in [0.05, 0.1) is 12.6 Å². The van der Waals surface area contributed by atoms with E-state index in [1.54, 1.807) is 0 Å². The zero-order valence-corrected chi connectivity index (χ0v) is 11.9. The molecule has 1 atom stereocenters. The fraction of sp³-hybridized carbons (Fsp3) is 0.562. The number of nitrogens with zero attached hydrogens (tertiary/aromatic N) is 2. The summed E-state index contributed by atoms with van der Waals surface area (Å²) in [6, 6.07) is 7.51. The molecule has 1 saturated carbocycles. The highest BCUT2D eigenvalue weighted by Gasteiger charge is 2.35. The Balaban J connectivity index is 1.93. The summed E-state index contributed by atoms with van der Waals surface area (Å²) >= 11 is 0. The minimum absolute atomic E-state index is 0.350. The standard InChI is InChI=1S/C16H23N3/c1-11-6-5-9-14(12(11)2)15-10-18-16(17)19(15)13-7-3-4-8-13/h5-6,9,13,15H,3-4,7-8,10H2,1-2H3,(H2,17,18). The van der Waals surface area contributed by atoms with Gasteiger partial charge in [-0.05, 0) is 43.4 Å². The molecule has 0 radical (unpaired) electrons. The zero-order chi connectivity index (χ0) is 13.4. The van der Waals surface area contributed by atoms with Crippen LogP contribution in [-0.2, 0) is 0 Å². The minimum Gasteiger partial charge on any atom is -0.370 e. The molecule has 3 rings (SSSR count). The van der Waals surface area contributed by atoms with Crippen molar-refractivity contribution in [1.29, 1.82) is 0 Å². The summed E-state index contributed by atoms with van der Waals surface area (Å²) in [6.45, 7) is 5.20. The Bertz CT molecular complexity index is 501. The van der Waals surface area contributed by atoms with Gasteiger partial charge in [-0.2, -0.15) is 0 Å². The number of aliphatic imine (C=N–C) groups is 1. The largest absolute Gasteiger partial charge is 0.370 e. The topological polar surface area (TPSA) is 41.6 Å². The molecule has 1 fully saturated rings. The van der Waals surface area contributed by atoms with Gasteiger partial charge < -0.3 is 10.6 Å². The first kappa shape index (κ1) is 12.5. The Kier molecular flexibility index (Phi) is 3.21. The molecule has 19 heavy (non-hydrogen) atoms. The zero-order valence-electron chi connectivity index (χ0n) is 11.9. The third-order valence-corrected chi connectivity index (χ3v) is 4.75. The predicted molar refractivity (Wildman–Crippen MR) is 79.2 cm³/mol. The maximum absolute atomic E-state index is 6.15. The normalized spacial score (nSPS) is 24.0. The molecule has 1 aromatic rings. The van der Waals surface area contributed by atoms with Crippen molar-refractivity contribution >= 4 is 5.96 Å². The van der Waals surface area contributed by atoms with Crippen LogP contribution in [0, 0.1) is 13.8 Å². The molecule has 1 aromatic carbocycles. The summed E-state index contributed by atoms with van der Waals surface area (Å²) in [7, 11) is 0. The molecular formula is C16H23N3. The van der Waals surface area contributed by atoms with E-state index in [0.29, 0.717) is 12.1 Å². The lowest BCUT2D eigenvalue weighted by Gasteiger charge is -2.33. The molecule has 1 heterocycles. The van der Waals surface area contributed by atoms with Crippen LogP contribution >= 0.6 is 0 Å². The number of hydrogen-bond donors (Lipinski definition) is 1. The molecule has 3 nitrogen and oxygen atoms in total. The van der Waals surface area contributed by atoms with Crippen molar-refractivity contribution < 1.29 is 0 Å².